The number of carbonyl (C=O) groups is 2. The van der Waals surface area contributed by atoms with Crippen LogP contribution in [0.3, 0.4) is 0 Å². The molecule has 1 aromatic carbocycles. The number of amides is 2. The smallest absolute Gasteiger partial charge is 0.395 e. The summed E-state index contributed by atoms with van der Waals surface area (Å²) in [5.41, 5.74) is 1.18. The van der Waals surface area contributed by atoms with Crippen LogP contribution in [0, 0.1) is 0 Å². The van der Waals surface area contributed by atoms with E-state index in [0.29, 0.717) is 11.2 Å². The molecule has 1 atom stereocenters. The van der Waals surface area contributed by atoms with Gasteiger partial charge in [-0.05, 0) is 17.7 Å². The number of nitrogens with zero attached hydrogens (tertiary/aromatic N) is 1. The molecule has 0 aliphatic carbocycles. The van der Waals surface area contributed by atoms with Crippen molar-refractivity contribution in [2.45, 2.75) is 5.92 Å². The maximum atomic E-state index is 12.2. The average Bonchev–Trinajstić information content (AvgIpc) is 2.98. The fourth-order valence-electron chi connectivity index (χ4n) is 2.33. The van der Waals surface area contributed by atoms with Crippen molar-refractivity contribution in [1.29, 1.82) is 0 Å². The first-order chi connectivity index (χ1) is 11.7. The molecule has 122 valence electrons. The van der Waals surface area contributed by atoms with Gasteiger partial charge in [0.05, 0.1) is 12.5 Å². The number of aliphatic hydroxyl groups is 1. The summed E-state index contributed by atoms with van der Waals surface area (Å²) in [7, 11) is 0. The molecular weight excluding hydrogens is 310 g/mol. The Morgan fingerprint density at radius 3 is 2.71 bits per heavy atom. The number of aliphatic hydroxyl groups excluding tert-OH is 1. The molecule has 1 unspecified atom stereocenters. The highest BCUT2D eigenvalue weighted by Crippen LogP contribution is 2.18. The van der Waals surface area contributed by atoms with Gasteiger partial charge in [0.25, 0.3) is 0 Å². The van der Waals surface area contributed by atoms with E-state index in [1.165, 1.54) is 0 Å². The van der Waals surface area contributed by atoms with Crippen LogP contribution in [-0.4, -0.2) is 33.7 Å². The normalized spacial score (nSPS) is 11.9. The number of hydrogen-bond acceptors (Lipinski definition) is 5. The number of fused-ring (bicyclic) bond motifs is 1. The first-order valence-electron chi connectivity index (χ1n) is 7.29. The molecule has 0 aliphatic rings. The SMILES string of the molecule is O=C(NC(=O)C(CO)c1ccccc1)Oc1cc2cccnc2[nH]1. The lowest BCUT2D eigenvalue weighted by Crippen LogP contribution is -2.37. The van der Waals surface area contributed by atoms with Crippen molar-refractivity contribution in [2.24, 2.45) is 0 Å². The first-order valence-corrected chi connectivity index (χ1v) is 7.29. The molecule has 7 nitrogen and oxygen atoms in total. The fraction of sp³-hybridized carbons (Fsp3) is 0.118. The minimum absolute atomic E-state index is 0.175. The molecule has 0 bridgehead atoms. The minimum Gasteiger partial charge on any atom is -0.395 e. The highest BCUT2D eigenvalue weighted by Gasteiger charge is 2.22. The molecule has 3 rings (SSSR count). The lowest BCUT2D eigenvalue weighted by atomic mass is 9.99. The summed E-state index contributed by atoms with van der Waals surface area (Å²) in [5, 5.41) is 12.3. The number of pyridine rings is 1. The number of aromatic amines is 1. The second kappa shape index (κ2) is 6.93. The van der Waals surface area contributed by atoms with E-state index in [1.807, 2.05) is 6.07 Å². The average molecular weight is 325 g/mol. The van der Waals surface area contributed by atoms with Gasteiger partial charge in [-0.15, -0.1) is 0 Å². The molecule has 0 aliphatic heterocycles. The lowest BCUT2D eigenvalue weighted by Gasteiger charge is -2.13. The summed E-state index contributed by atoms with van der Waals surface area (Å²) in [6.07, 6.45) is 0.679. The van der Waals surface area contributed by atoms with Crippen LogP contribution >= 0.6 is 0 Å². The van der Waals surface area contributed by atoms with Crippen molar-refractivity contribution >= 4 is 23.0 Å². The Kier molecular flexibility index (Phi) is 4.53. The summed E-state index contributed by atoms with van der Waals surface area (Å²) >= 11 is 0. The van der Waals surface area contributed by atoms with E-state index >= 15 is 0 Å². The molecule has 3 aromatic rings. The van der Waals surface area contributed by atoms with Crippen LogP contribution in [0.1, 0.15) is 11.5 Å². The number of carbonyl (C=O) groups excluding carboxylic acids is 2. The zero-order valence-electron chi connectivity index (χ0n) is 12.6. The van der Waals surface area contributed by atoms with Crippen LogP contribution in [-0.2, 0) is 4.79 Å². The molecule has 2 aromatic heterocycles. The second-order valence-electron chi connectivity index (χ2n) is 5.10. The fourth-order valence-corrected chi connectivity index (χ4v) is 2.33. The maximum absolute atomic E-state index is 12.2. The van der Waals surface area contributed by atoms with E-state index in [-0.39, 0.29) is 5.88 Å². The number of ether oxygens (including phenoxy) is 1. The molecule has 3 N–H and O–H groups in total. The van der Waals surface area contributed by atoms with Gasteiger partial charge in [0, 0.05) is 17.6 Å². The molecule has 7 heteroatoms. The number of H-pyrrole nitrogens is 1. The van der Waals surface area contributed by atoms with Gasteiger partial charge in [-0.3, -0.25) is 10.1 Å². The Bertz CT molecular complexity index is 827. The van der Waals surface area contributed by atoms with Crippen molar-refractivity contribution in [1.82, 2.24) is 15.3 Å². The van der Waals surface area contributed by atoms with E-state index in [4.69, 9.17) is 4.74 Å². The van der Waals surface area contributed by atoms with Gasteiger partial charge in [-0.25, -0.2) is 9.78 Å². The van der Waals surface area contributed by atoms with Crippen LogP contribution < -0.4 is 10.1 Å². The third-order valence-electron chi connectivity index (χ3n) is 3.50. The molecule has 2 amide bonds. The van der Waals surface area contributed by atoms with Crippen molar-refractivity contribution < 1.29 is 19.4 Å². The molecule has 0 saturated carbocycles. The quantitative estimate of drug-likeness (QED) is 0.680. The van der Waals surface area contributed by atoms with Crippen LogP contribution in [0.25, 0.3) is 11.0 Å². The summed E-state index contributed by atoms with van der Waals surface area (Å²) in [6.45, 7) is -0.417. The number of aromatic nitrogens is 2. The van der Waals surface area contributed by atoms with E-state index in [9.17, 15) is 14.7 Å². The van der Waals surface area contributed by atoms with Gasteiger partial charge in [-0.2, -0.15) is 0 Å². The second-order valence-corrected chi connectivity index (χ2v) is 5.10. The number of hydrogen-bond donors (Lipinski definition) is 3. The number of nitrogens with one attached hydrogen (secondary N) is 2. The van der Waals surface area contributed by atoms with Gasteiger partial charge in [0.2, 0.25) is 11.8 Å². The van der Waals surface area contributed by atoms with Gasteiger partial charge < -0.3 is 14.8 Å². The Balaban J connectivity index is 1.66. The van der Waals surface area contributed by atoms with Crippen molar-refractivity contribution in [2.75, 3.05) is 6.61 Å². The van der Waals surface area contributed by atoms with Crippen molar-refractivity contribution in [3.63, 3.8) is 0 Å². The van der Waals surface area contributed by atoms with E-state index in [0.717, 1.165) is 5.39 Å². The highest BCUT2D eigenvalue weighted by molar-refractivity contribution is 5.96. The largest absolute Gasteiger partial charge is 0.420 e. The van der Waals surface area contributed by atoms with Gasteiger partial charge in [0.15, 0.2) is 0 Å². The molecule has 24 heavy (non-hydrogen) atoms. The molecule has 0 fully saturated rings. The molecule has 0 saturated heterocycles. The predicted octanol–water partition coefficient (Wildman–Crippen LogP) is 1.95. The Morgan fingerprint density at radius 1 is 1.21 bits per heavy atom. The standard InChI is InChI=1S/C17H15N3O4/c21-10-13(11-5-2-1-3-6-11)16(22)20-17(23)24-14-9-12-7-4-8-18-15(12)19-14/h1-9,13,21H,10H2,(H,18,19)(H,20,22,23). The van der Waals surface area contributed by atoms with Crippen LogP contribution in [0.2, 0.25) is 0 Å². The molecule has 0 spiro atoms. The summed E-state index contributed by atoms with van der Waals surface area (Å²) in [5.74, 6) is -1.31. The first kappa shape index (κ1) is 15.7. The molecule has 0 radical (unpaired) electrons. The lowest BCUT2D eigenvalue weighted by molar-refractivity contribution is -0.122. The van der Waals surface area contributed by atoms with E-state index in [1.54, 1.807) is 48.7 Å². The predicted molar refractivity (Wildman–Crippen MR) is 86.5 cm³/mol. The Hall–Kier alpha value is -3.19. The maximum Gasteiger partial charge on any atom is 0.420 e. The van der Waals surface area contributed by atoms with Gasteiger partial charge in [-0.1, -0.05) is 30.3 Å². The minimum atomic E-state index is -0.930. The number of rotatable bonds is 4. The molecular formula is C17H15N3O4. The van der Waals surface area contributed by atoms with Crippen molar-refractivity contribution in [3.05, 3.63) is 60.3 Å². The Morgan fingerprint density at radius 2 is 2.00 bits per heavy atom. The summed E-state index contributed by atoms with van der Waals surface area (Å²) < 4.78 is 5.05. The third-order valence-corrected chi connectivity index (χ3v) is 3.50. The summed E-state index contributed by atoms with van der Waals surface area (Å²) in [6, 6.07) is 13.9. The third kappa shape index (κ3) is 3.41. The van der Waals surface area contributed by atoms with Crippen molar-refractivity contribution in [3.8, 4) is 5.88 Å². The number of imide groups is 1. The highest BCUT2D eigenvalue weighted by atomic mass is 16.6. The van der Waals surface area contributed by atoms with Gasteiger partial charge >= 0.3 is 6.09 Å². The monoisotopic (exact) mass is 325 g/mol. The Labute approximate surface area is 137 Å². The van der Waals surface area contributed by atoms with Crippen LogP contribution in [0.15, 0.2) is 54.7 Å². The topological polar surface area (TPSA) is 104 Å². The van der Waals surface area contributed by atoms with Gasteiger partial charge in [0.1, 0.15) is 5.65 Å². The zero-order chi connectivity index (χ0) is 16.9. The summed E-state index contributed by atoms with van der Waals surface area (Å²) in [4.78, 5) is 30.9. The van der Waals surface area contributed by atoms with E-state index < -0.39 is 24.5 Å². The van der Waals surface area contributed by atoms with Crippen LogP contribution in [0.4, 0.5) is 4.79 Å². The zero-order valence-corrected chi connectivity index (χ0v) is 12.6. The molecule has 2 heterocycles. The van der Waals surface area contributed by atoms with Crippen LogP contribution in [0.5, 0.6) is 5.88 Å². The van der Waals surface area contributed by atoms with E-state index in [2.05, 4.69) is 15.3 Å². The number of benzene rings is 1.